The number of unbranched alkanes of at least 4 members (excludes halogenated alkanes) is 1. The standard InChI is InChI=1S/C16H36N4O.HI/c1-15(2)9-6-7-10-18-16(17-3)19-11-8-12-20(4)13-14-21-5;/h15H,6-14H2,1-5H3,(H2,17,18,19);1H. The number of hydrogen-bond acceptors (Lipinski definition) is 3. The summed E-state index contributed by atoms with van der Waals surface area (Å²) in [5.74, 6) is 1.72. The van der Waals surface area contributed by atoms with Crippen LogP contribution in [0, 0.1) is 5.92 Å². The molecule has 0 amide bonds. The lowest BCUT2D eigenvalue weighted by molar-refractivity contribution is 0.161. The van der Waals surface area contributed by atoms with Crippen LogP contribution >= 0.6 is 24.0 Å². The second-order valence-electron chi connectivity index (χ2n) is 5.97. The Bertz CT molecular complexity index is 263. The molecule has 0 aromatic carbocycles. The molecule has 0 aliphatic carbocycles. The van der Waals surface area contributed by atoms with E-state index >= 15 is 0 Å². The average molecular weight is 428 g/mol. The van der Waals surface area contributed by atoms with Crippen molar-refractivity contribution in [1.82, 2.24) is 15.5 Å². The number of methoxy groups -OCH3 is 1. The number of rotatable bonds is 12. The molecule has 0 fully saturated rings. The van der Waals surface area contributed by atoms with E-state index in [9.17, 15) is 0 Å². The van der Waals surface area contributed by atoms with Crippen molar-refractivity contribution >= 4 is 29.9 Å². The molecule has 0 saturated carbocycles. The number of ether oxygens (including phenoxy) is 1. The van der Waals surface area contributed by atoms with Gasteiger partial charge in [0.25, 0.3) is 0 Å². The van der Waals surface area contributed by atoms with Crippen LogP contribution in [0.2, 0.25) is 0 Å². The number of aliphatic imine (C=N–C) groups is 1. The summed E-state index contributed by atoms with van der Waals surface area (Å²) in [6.45, 7) is 9.35. The van der Waals surface area contributed by atoms with Gasteiger partial charge in [-0.1, -0.05) is 26.7 Å². The molecule has 0 spiro atoms. The van der Waals surface area contributed by atoms with Gasteiger partial charge in [0.15, 0.2) is 5.96 Å². The molecule has 6 heteroatoms. The molecule has 2 N–H and O–H groups in total. The zero-order chi connectivity index (χ0) is 15.9. The quantitative estimate of drug-likeness (QED) is 0.217. The molecular weight excluding hydrogens is 391 g/mol. The molecule has 0 saturated heterocycles. The Hall–Kier alpha value is -0.0800. The molecule has 22 heavy (non-hydrogen) atoms. The highest BCUT2D eigenvalue weighted by atomic mass is 127. The Labute approximate surface area is 154 Å². The highest BCUT2D eigenvalue weighted by Crippen LogP contribution is 2.04. The first-order chi connectivity index (χ1) is 10.1. The number of likely N-dealkylation sites (N-methyl/N-ethyl adjacent to an activating group) is 1. The lowest BCUT2D eigenvalue weighted by Crippen LogP contribution is -2.39. The summed E-state index contributed by atoms with van der Waals surface area (Å²) in [6.07, 6.45) is 4.90. The van der Waals surface area contributed by atoms with Crippen LogP contribution in [0.3, 0.4) is 0 Å². The molecule has 0 heterocycles. The summed E-state index contributed by atoms with van der Waals surface area (Å²) in [5.41, 5.74) is 0. The SMILES string of the molecule is CN=C(NCCCCC(C)C)NCCCN(C)CCOC.I. The first kappa shape index (κ1) is 24.2. The van der Waals surface area contributed by atoms with E-state index in [-0.39, 0.29) is 24.0 Å². The molecule has 0 rings (SSSR count). The molecule has 5 nitrogen and oxygen atoms in total. The fourth-order valence-corrected chi connectivity index (χ4v) is 2.02. The second kappa shape index (κ2) is 17.3. The summed E-state index contributed by atoms with van der Waals surface area (Å²) >= 11 is 0. The Kier molecular flexibility index (Phi) is 19.0. The largest absolute Gasteiger partial charge is 0.383 e. The maximum Gasteiger partial charge on any atom is 0.190 e. The molecule has 0 atom stereocenters. The Balaban J connectivity index is 0. The van der Waals surface area contributed by atoms with E-state index in [1.807, 2.05) is 7.05 Å². The zero-order valence-corrected chi connectivity index (χ0v) is 17.5. The zero-order valence-electron chi connectivity index (χ0n) is 15.2. The van der Waals surface area contributed by atoms with E-state index in [4.69, 9.17) is 4.74 Å². The minimum absolute atomic E-state index is 0. The molecule has 0 aromatic rings. The molecule has 0 radical (unpaired) electrons. The van der Waals surface area contributed by atoms with Crippen LogP contribution in [0.1, 0.15) is 39.5 Å². The Morgan fingerprint density at radius 3 is 2.27 bits per heavy atom. The predicted octanol–water partition coefficient (Wildman–Crippen LogP) is 2.56. The first-order valence-electron chi connectivity index (χ1n) is 8.22. The summed E-state index contributed by atoms with van der Waals surface area (Å²) in [4.78, 5) is 6.53. The Morgan fingerprint density at radius 1 is 1.09 bits per heavy atom. The van der Waals surface area contributed by atoms with Crippen molar-refractivity contribution in [2.24, 2.45) is 10.9 Å². The number of halogens is 1. The molecule has 0 unspecified atom stereocenters. The van der Waals surface area contributed by atoms with Crippen molar-refractivity contribution in [2.75, 3.05) is 54.0 Å². The smallest absolute Gasteiger partial charge is 0.190 e. The number of nitrogens with zero attached hydrogens (tertiary/aromatic N) is 2. The van der Waals surface area contributed by atoms with Gasteiger partial charge in [-0.05, 0) is 32.4 Å². The molecule has 134 valence electrons. The van der Waals surface area contributed by atoms with Crippen molar-refractivity contribution in [2.45, 2.75) is 39.5 Å². The topological polar surface area (TPSA) is 48.9 Å². The van der Waals surface area contributed by atoms with E-state index in [1.54, 1.807) is 7.11 Å². The third-order valence-electron chi connectivity index (χ3n) is 3.41. The number of hydrogen-bond donors (Lipinski definition) is 2. The van der Waals surface area contributed by atoms with Crippen LogP contribution in [0.5, 0.6) is 0 Å². The number of guanidine groups is 1. The van der Waals surface area contributed by atoms with Crippen LogP contribution in [-0.2, 0) is 4.74 Å². The molecule has 0 bridgehead atoms. The second-order valence-corrected chi connectivity index (χ2v) is 5.97. The molecule has 0 aliphatic rings. The monoisotopic (exact) mass is 428 g/mol. The van der Waals surface area contributed by atoms with Gasteiger partial charge in [-0.3, -0.25) is 4.99 Å². The van der Waals surface area contributed by atoms with Gasteiger partial charge in [-0.25, -0.2) is 0 Å². The van der Waals surface area contributed by atoms with Gasteiger partial charge in [0, 0.05) is 33.8 Å². The van der Waals surface area contributed by atoms with Crippen molar-refractivity contribution in [3.8, 4) is 0 Å². The minimum Gasteiger partial charge on any atom is -0.383 e. The molecular formula is C16H37IN4O. The van der Waals surface area contributed by atoms with E-state index in [2.05, 4.69) is 41.4 Å². The maximum absolute atomic E-state index is 5.07. The summed E-state index contributed by atoms with van der Waals surface area (Å²) < 4.78 is 5.07. The fraction of sp³-hybridized carbons (Fsp3) is 0.938. The van der Waals surface area contributed by atoms with Crippen molar-refractivity contribution in [3.63, 3.8) is 0 Å². The lowest BCUT2D eigenvalue weighted by atomic mass is 10.1. The van der Waals surface area contributed by atoms with Crippen LogP contribution < -0.4 is 10.6 Å². The van der Waals surface area contributed by atoms with Gasteiger partial charge in [0.1, 0.15) is 0 Å². The molecule has 0 aromatic heterocycles. The van der Waals surface area contributed by atoms with Crippen molar-refractivity contribution in [3.05, 3.63) is 0 Å². The summed E-state index contributed by atoms with van der Waals surface area (Å²) in [6, 6.07) is 0. The van der Waals surface area contributed by atoms with Crippen molar-refractivity contribution < 1.29 is 4.74 Å². The minimum atomic E-state index is 0. The van der Waals surface area contributed by atoms with Crippen LogP contribution in [-0.4, -0.2) is 64.9 Å². The summed E-state index contributed by atoms with van der Waals surface area (Å²) in [5, 5.41) is 6.73. The van der Waals surface area contributed by atoms with Gasteiger partial charge >= 0.3 is 0 Å². The van der Waals surface area contributed by atoms with E-state index in [1.165, 1.54) is 19.3 Å². The van der Waals surface area contributed by atoms with E-state index in [0.717, 1.165) is 51.1 Å². The van der Waals surface area contributed by atoms with Gasteiger partial charge in [-0.2, -0.15) is 0 Å². The van der Waals surface area contributed by atoms with E-state index < -0.39 is 0 Å². The van der Waals surface area contributed by atoms with E-state index in [0.29, 0.717) is 0 Å². The highest BCUT2D eigenvalue weighted by Gasteiger charge is 2.00. The van der Waals surface area contributed by atoms with Crippen molar-refractivity contribution in [1.29, 1.82) is 0 Å². The van der Waals surface area contributed by atoms with Crippen LogP contribution in [0.15, 0.2) is 4.99 Å². The third kappa shape index (κ3) is 16.3. The first-order valence-corrected chi connectivity index (χ1v) is 8.22. The predicted molar refractivity (Wildman–Crippen MR) is 107 cm³/mol. The van der Waals surface area contributed by atoms with Crippen LogP contribution in [0.25, 0.3) is 0 Å². The average Bonchev–Trinajstić information content (AvgIpc) is 2.46. The number of nitrogens with one attached hydrogen (secondary N) is 2. The normalized spacial score (nSPS) is 11.7. The third-order valence-corrected chi connectivity index (χ3v) is 3.41. The fourth-order valence-electron chi connectivity index (χ4n) is 2.02. The lowest BCUT2D eigenvalue weighted by Gasteiger charge is -2.17. The van der Waals surface area contributed by atoms with Gasteiger partial charge < -0.3 is 20.3 Å². The van der Waals surface area contributed by atoms with Crippen LogP contribution in [0.4, 0.5) is 0 Å². The molecule has 0 aliphatic heterocycles. The Morgan fingerprint density at radius 2 is 1.73 bits per heavy atom. The summed E-state index contributed by atoms with van der Waals surface area (Å²) in [7, 11) is 5.70. The van der Waals surface area contributed by atoms with Gasteiger partial charge in [0.05, 0.1) is 6.61 Å². The maximum atomic E-state index is 5.07. The van der Waals surface area contributed by atoms with Gasteiger partial charge in [-0.15, -0.1) is 24.0 Å². The highest BCUT2D eigenvalue weighted by molar-refractivity contribution is 14.0. The van der Waals surface area contributed by atoms with Gasteiger partial charge in [0.2, 0.25) is 0 Å².